The lowest BCUT2D eigenvalue weighted by molar-refractivity contribution is -0.141. The van der Waals surface area contributed by atoms with Gasteiger partial charge in [-0.2, -0.15) is 0 Å². The molecule has 10 heteroatoms. The fourth-order valence-corrected chi connectivity index (χ4v) is 4.86. The van der Waals surface area contributed by atoms with Gasteiger partial charge in [0.2, 0.25) is 21.8 Å². The van der Waals surface area contributed by atoms with E-state index in [1.807, 2.05) is 45.0 Å². The number of sulfonamides is 1. The molecule has 0 aliphatic rings. The van der Waals surface area contributed by atoms with E-state index >= 15 is 0 Å². The maximum atomic E-state index is 13.7. The minimum atomic E-state index is -3.81. The highest BCUT2D eigenvalue weighted by Crippen LogP contribution is 2.22. The average Bonchev–Trinajstić information content (AvgIpc) is 2.82. The Kier molecular flexibility index (Phi) is 10.8. The highest BCUT2D eigenvalue weighted by atomic mass is 32.2. The van der Waals surface area contributed by atoms with Crippen LogP contribution in [0, 0.1) is 18.6 Å². The lowest BCUT2D eigenvalue weighted by Crippen LogP contribution is -2.49. The molecule has 1 atom stereocenters. The van der Waals surface area contributed by atoms with Crippen molar-refractivity contribution in [2.24, 2.45) is 0 Å². The molecule has 7 nitrogen and oxygen atoms in total. The molecule has 0 aliphatic carbocycles. The molecule has 0 saturated carbocycles. The van der Waals surface area contributed by atoms with Crippen LogP contribution in [0.4, 0.5) is 14.5 Å². The quantitative estimate of drug-likeness (QED) is 0.427. The van der Waals surface area contributed by atoms with E-state index in [9.17, 15) is 26.8 Å². The molecular formula is C26H35F2N3O4S. The van der Waals surface area contributed by atoms with Gasteiger partial charge < -0.3 is 10.2 Å². The summed E-state index contributed by atoms with van der Waals surface area (Å²) in [6, 6.07) is 9.77. The van der Waals surface area contributed by atoms with E-state index in [1.165, 1.54) is 11.0 Å². The van der Waals surface area contributed by atoms with Crippen LogP contribution in [0.25, 0.3) is 0 Å². The summed E-state index contributed by atoms with van der Waals surface area (Å²) in [6.07, 6.45) is 2.24. The second kappa shape index (κ2) is 13.3. The fraction of sp³-hybridized carbons (Fsp3) is 0.462. The van der Waals surface area contributed by atoms with Crippen molar-refractivity contribution in [1.82, 2.24) is 10.2 Å². The zero-order valence-corrected chi connectivity index (χ0v) is 22.1. The Morgan fingerprint density at radius 3 is 2.33 bits per heavy atom. The van der Waals surface area contributed by atoms with Crippen LogP contribution in [-0.2, 0) is 26.2 Å². The summed E-state index contributed by atoms with van der Waals surface area (Å²) in [5.41, 5.74) is 1.87. The molecule has 198 valence electrons. The predicted molar refractivity (Wildman–Crippen MR) is 137 cm³/mol. The lowest BCUT2D eigenvalue weighted by Gasteiger charge is -2.31. The molecule has 0 radical (unpaired) electrons. The van der Waals surface area contributed by atoms with Gasteiger partial charge in [0.15, 0.2) is 11.6 Å². The van der Waals surface area contributed by atoms with Crippen molar-refractivity contribution < 1.29 is 26.8 Å². The van der Waals surface area contributed by atoms with Crippen molar-refractivity contribution in [3.8, 4) is 0 Å². The number of nitrogens with zero attached hydrogens (tertiary/aromatic N) is 2. The topological polar surface area (TPSA) is 86.8 Å². The number of benzene rings is 2. The molecule has 0 aromatic heterocycles. The maximum absolute atomic E-state index is 13.7. The standard InChI is InChI=1S/C26H35F2N3O4S/c1-5-15-29-26(33)24(6-2)30(18-20-11-8-7-10-19(20)3)25(32)12-9-16-31(36(4,34)35)21-13-14-22(27)23(28)17-21/h7-8,10-11,13-14,17,24H,5-6,9,12,15-16,18H2,1-4H3,(H,29,33). The van der Waals surface area contributed by atoms with E-state index < -0.39 is 27.7 Å². The number of hydrogen-bond donors (Lipinski definition) is 1. The molecule has 0 saturated heterocycles. The normalized spacial score (nSPS) is 12.2. The number of aryl methyl sites for hydroxylation is 1. The Balaban J connectivity index is 2.23. The monoisotopic (exact) mass is 523 g/mol. The van der Waals surface area contributed by atoms with E-state index in [-0.39, 0.29) is 43.4 Å². The molecule has 2 aromatic carbocycles. The zero-order valence-electron chi connectivity index (χ0n) is 21.3. The highest BCUT2D eigenvalue weighted by Gasteiger charge is 2.29. The predicted octanol–water partition coefficient (Wildman–Crippen LogP) is 4.15. The first kappa shape index (κ1) is 29.2. The first-order chi connectivity index (χ1) is 17.0. The minimum Gasteiger partial charge on any atom is -0.354 e. The summed E-state index contributed by atoms with van der Waals surface area (Å²) >= 11 is 0. The van der Waals surface area contributed by atoms with Gasteiger partial charge in [-0.3, -0.25) is 13.9 Å². The summed E-state index contributed by atoms with van der Waals surface area (Å²) < 4.78 is 52.6. The van der Waals surface area contributed by atoms with Gasteiger partial charge in [0.25, 0.3) is 0 Å². The Morgan fingerprint density at radius 1 is 1.06 bits per heavy atom. The van der Waals surface area contributed by atoms with Crippen LogP contribution >= 0.6 is 0 Å². The second-order valence-electron chi connectivity index (χ2n) is 8.70. The molecule has 0 bridgehead atoms. The van der Waals surface area contributed by atoms with Crippen molar-refractivity contribution >= 4 is 27.5 Å². The van der Waals surface area contributed by atoms with Crippen molar-refractivity contribution in [3.05, 3.63) is 65.2 Å². The van der Waals surface area contributed by atoms with Crippen molar-refractivity contribution in [2.45, 2.75) is 59.0 Å². The van der Waals surface area contributed by atoms with Gasteiger partial charge >= 0.3 is 0 Å². The van der Waals surface area contributed by atoms with Crippen LogP contribution in [0.1, 0.15) is 50.7 Å². The fourth-order valence-electron chi connectivity index (χ4n) is 3.90. The Morgan fingerprint density at radius 2 is 1.75 bits per heavy atom. The third-order valence-electron chi connectivity index (χ3n) is 5.88. The summed E-state index contributed by atoms with van der Waals surface area (Å²) in [5, 5.41) is 2.86. The van der Waals surface area contributed by atoms with Gasteiger partial charge in [-0.15, -0.1) is 0 Å². The van der Waals surface area contributed by atoms with Crippen LogP contribution in [0.3, 0.4) is 0 Å². The lowest BCUT2D eigenvalue weighted by atomic mass is 10.1. The number of carbonyl (C=O) groups excluding carboxylic acids is 2. The molecule has 0 fully saturated rings. The largest absolute Gasteiger partial charge is 0.354 e. The molecule has 1 N–H and O–H groups in total. The maximum Gasteiger partial charge on any atom is 0.242 e. The van der Waals surface area contributed by atoms with Crippen LogP contribution in [0.15, 0.2) is 42.5 Å². The van der Waals surface area contributed by atoms with Crippen molar-refractivity contribution in [1.29, 1.82) is 0 Å². The third kappa shape index (κ3) is 8.01. The summed E-state index contributed by atoms with van der Waals surface area (Å²) in [6.45, 7) is 6.34. The number of hydrogen-bond acceptors (Lipinski definition) is 4. The van der Waals surface area contributed by atoms with Gasteiger partial charge in [0.1, 0.15) is 6.04 Å². The van der Waals surface area contributed by atoms with E-state index in [0.29, 0.717) is 13.0 Å². The smallest absolute Gasteiger partial charge is 0.242 e. The number of rotatable bonds is 13. The Bertz CT molecular complexity index is 1160. The van der Waals surface area contributed by atoms with E-state index in [0.717, 1.165) is 40.2 Å². The SMILES string of the molecule is CCCNC(=O)C(CC)N(Cc1ccccc1C)C(=O)CCCN(c1ccc(F)c(F)c1)S(C)(=O)=O. The zero-order chi connectivity index (χ0) is 26.9. The molecule has 36 heavy (non-hydrogen) atoms. The number of halogens is 2. The summed E-state index contributed by atoms with van der Waals surface area (Å²) in [7, 11) is -3.81. The van der Waals surface area contributed by atoms with Gasteiger partial charge in [0.05, 0.1) is 11.9 Å². The number of nitrogens with one attached hydrogen (secondary N) is 1. The second-order valence-corrected chi connectivity index (χ2v) is 10.6. The van der Waals surface area contributed by atoms with Crippen LogP contribution < -0.4 is 9.62 Å². The first-order valence-electron chi connectivity index (χ1n) is 12.0. The van der Waals surface area contributed by atoms with Gasteiger partial charge in [-0.05, 0) is 49.4 Å². The molecule has 2 rings (SSSR count). The average molecular weight is 524 g/mol. The van der Waals surface area contributed by atoms with Gasteiger partial charge in [-0.25, -0.2) is 17.2 Å². The Hall–Kier alpha value is -3.01. The molecule has 0 heterocycles. The molecular weight excluding hydrogens is 488 g/mol. The van der Waals surface area contributed by atoms with E-state index in [4.69, 9.17) is 0 Å². The molecule has 2 amide bonds. The van der Waals surface area contributed by atoms with E-state index in [1.54, 1.807) is 0 Å². The highest BCUT2D eigenvalue weighted by molar-refractivity contribution is 7.92. The van der Waals surface area contributed by atoms with Crippen molar-refractivity contribution in [3.63, 3.8) is 0 Å². The molecule has 1 unspecified atom stereocenters. The van der Waals surface area contributed by atoms with Crippen LogP contribution in [0.5, 0.6) is 0 Å². The van der Waals surface area contributed by atoms with Gasteiger partial charge in [-0.1, -0.05) is 38.1 Å². The first-order valence-corrected chi connectivity index (χ1v) is 13.9. The van der Waals surface area contributed by atoms with Crippen LogP contribution in [-0.4, -0.2) is 50.5 Å². The van der Waals surface area contributed by atoms with Gasteiger partial charge in [0, 0.05) is 32.1 Å². The number of amides is 2. The van der Waals surface area contributed by atoms with Crippen LogP contribution in [0.2, 0.25) is 0 Å². The summed E-state index contributed by atoms with van der Waals surface area (Å²) in [5.74, 6) is -2.77. The van der Waals surface area contributed by atoms with E-state index in [2.05, 4.69) is 5.32 Å². The molecule has 0 aliphatic heterocycles. The molecule has 0 spiro atoms. The third-order valence-corrected chi connectivity index (χ3v) is 7.07. The molecule has 2 aromatic rings. The minimum absolute atomic E-state index is 0.0222. The summed E-state index contributed by atoms with van der Waals surface area (Å²) in [4.78, 5) is 27.8. The number of anilines is 1. The number of carbonyl (C=O) groups is 2. The van der Waals surface area contributed by atoms with Crippen molar-refractivity contribution in [2.75, 3.05) is 23.7 Å². The Labute approximate surface area is 212 Å².